The summed E-state index contributed by atoms with van der Waals surface area (Å²) < 4.78 is 1.70. The lowest BCUT2D eigenvalue weighted by molar-refractivity contribution is 0.767. The van der Waals surface area contributed by atoms with E-state index in [1.165, 1.54) is 0 Å². The standard InChI is InChI=1S/C9H9N5S/c1-14-5-6(3-12-14)8-4-11-7(2-10)9(15)13-8/h3-5,9,13,15H,1H3. The van der Waals surface area contributed by atoms with Crippen molar-refractivity contribution in [3.63, 3.8) is 0 Å². The molecule has 0 spiro atoms. The van der Waals surface area contributed by atoms with Crippen LogP contribution in [0.5, 0.6) is 0 Å². The Morgan fingerprint density at radius 3 is 3.00 bits per heavy atom. The van der Waals surface area contributed by atoms with Crippen LogP contribution in [0.3, 0.4) is 0 Å². The molecule has 0 fully saturated rings. The van der Waals surface area contributed by atoms with Gasteiger partial charge in [-0.05, 0) is 0 Å². The largest absolute Gasteiger partial charge is 0.366 e. The van der Waals surface area contributed by atoms with Gasteiger partial charge >= 0.3 is 0 Å². The lowest BCUT2D eigenvalue weighted by atomic mass is 10.2. The topological polar surface area (TPSA) is 66.0 Å². The molecule has 0 aliphatic carbocycles. The SMILES string of the molecule is Cn1cc(C2=CN=C(C#N)C(S)N2)cn1. The Hall–Kier alpha value is -1.74. The number of aliphatic imine (C=N–C) groups is 1. The maximum atomic E-state index is 8.71. The van der Waals surface area contributed by atoms with Crippen molar-refractivity contribution in [1.82, 2.24) is 15.1 Å². The lowest BCUT2D eigenvalue weighted by Crippen LogP contribution is -2.32. The Labute approximate surface area is 92.5 Å². The Morgan fingerprint density at radius 1 is 1.67 bits per heavy atom. The minimum atomic E-state index is -0.352. The Bertz CT molecular complexity index is 479. The van der Waals surface area contributed by atoms with E-state index < -0.39 is 0 Å². The first kappa shape index (κ1) is 9.80. The predicted molar refractivity (Wildman–Crippen MR) is 60.1 cm³/mol. The molecule has 1 aliphatic rings. The van der Waals surface area contributed by atoms with E-state index in [4.69, 9.17) is 5.26 Å². The van der Waals surface area contributed by atoms with Crippen LogP contribution in [0.25, 0.3) is 5.70 Å². The minimum absolute atomic E-state index is 0.352. The average molecular weight is 219 g/mol. The van der Waals surface area contributed by atoms with Crippen molar-refractivity contribution in [3.05, 3.63) is 24.2 Å². The number of rotatable bonds is 1. The van der Waals surface area contributed by atoms with E-state index in [-0.39, 0.29) is 5.37 Å². The Kier molecular flexibility index (Phi) is 2.47. The van der Waals surface area contributed by atoms with Gasteiger partial charge in [-0.3, -0.25) is 4.68 Å². The second-order valence-corrected chi connectivity index (χ2v) is 3.63. The van der Waals surface area contributed by atoms with Crippen molar-refractivity contribution in [1.29, 1.82) is 5.26 Å². The van der Waals surface area contributed by atoms with Crippen LogP contribution >= 0.6 is 12.6 Å². The summed E-state index contributed by atoms with van der Waals surface area (Å²) in [4.78, 5) is 4.01. The molecule has 6 heteroatoms. The van der Waals surface area contributed by atoms with Crippen LogP contribution in [0.15, 0.2) is 23.6 Å². The zero-order valence-corrected chi connectivity index (χ0v) is 8.94. The van der Waals surface area contributed by atoms with Gasteiger partial charge in [0.05, 0.1) is 18.1 Å². The molecular weight excluding hydrogens is 210 g/mol. The second-order valence-electron chi connectivity index (χ2n) is 3.12. The molecule has 0 bridgehead atoms. The van der Waals surface area contributed by atoms with Gasteiger partial charge in [0.15, 0.2) is 0 Å². The normalized spacial score (nSPS) is 19.9. The summed E-state index contributed by atoms with van der Waals surface area (Å²) in [5.74, 6) is 0. The van der Waals surface area contributed by atoms with E-state index in [1.54, 1.807) is 17.1 Å². The Morgan fingerprint density at radius 2 is 2.47 bits per heavy atom. The summed E-state index contributed by atoms with van der Waals surface area (Å²) in [6.07, 6.45) is 5.21. The highest BCUT2D eigenvalue weighted by Gasteiger charge is 2.17. The quantitative estimate of drug-likeness (QED) is 0.678. The number of nitrogens with one attached hydrogen (secondary N) is 1. The van der Waals surface area contributed by atoms with Crippen molar-refractivity contribution >= 4 is 24.0 Å². The first-order valence-electron chi connectivity index (χ1n) is 4.32. The van der Waals surface area contributed by atoms with E-state index in [9.17, 15) is 0 Å². The minimum Gasteiger partial charge on any atom is -0.366 e. The highest BCUT2D eigenvalue weighted by molar-refractivity contribution is 7.81. The van der Waals surface area contributed by atoms with Gasteiger partial charge in [-0.1, -0.05) is 0 Å². The zero-order chi connectivity index (χ0) is 10.8. The molecule has 2 heterocycles. The van der Waals surface area contributed by atoms with Gasteiger partial charge in [-0.25, -0.2) is 4.99 Å². The maximum absolute atomic E-state index is 8.71. The zero-order valence-electron chi connectivity index (χ0n) is 8.05. The van der Waals surface area contributed by atoms with Crippen LogP contribution in [-0.4, -0.2) is 20.9 Å². The Balaban J connectivity index is 2.31. The molecule has 5 nitrogen and oxygen atoms in total. The molecule has 1 aliphatic heterocycles. The molecule has 1 unspecified atom stereocenters. The predicted octanol–water partition coefficient (Wildman–Crippen LogP) is 0.542. The molecule has 2 rings (SSSR count). The molecule has 1 aromatic heterocycles. The van der Waals surface area contributed by atoms with Crippen LogP contribution in [-0.2, 0) is 7.05 Å². The van der Waals surface area contributed by atoms with Crippen LogP contribution in [0.4, 0.5) is 0 Å². The number of thiol groups is 1. The van der Waals surface area contributed by atoms with Crippen LogP contribution in [0.1, 0.15) is 5.56 Å². The van der Waals surface area contributed by atoms with E-state index >= 15 is 0 Å². The molecule has 0 radical (unpaired) electrons. The molecular formula is C9H9N5S. The fraction of sp³-hybridized carbons (Fsp3) is 0.222. The fourth-order valence-corrected chi connectivity index (χ4v) is 1.53. The molecule has 15 heavy (non-hydrogen) atoms. The smallest absolute Gasteiger partial charge is 0.150 e. The van der Waals surface area contributed by atoms with Crippen molar-refractivity contribution in [2.75, 3.05) is 0 Å². The van der Waals surface area contributed by atoms with Crippen molar-refractivity contribution in [2.24, 2.45) is 12.0 Å². The second kappa shape index (κ2) is 3.79. The summed E-state index contributed by atoms with van der Waals surface area (Å²) in [5, 5.41) is 15.5. The van der Waals surface area contributed by atoms with E-state index in [0.29, 0.717) is 5.71 Å². The molecule has 1 atom stereocenters. The van der Waals surface area contributed by atoms with Crippen LogP contribution in [0.2, 0.25) is 0 Å². The molecule has 1 aromatic rings. The number of nitriles is 1. The number of aromatic nitrogens is 2. The summed E-state index contributed by atoms with van der Waals surface area (Å²) in [7, 11) is 1.84. The molecule has 1 N–H and O–H groups in total. The number of nitrogens with zero attached hydrogens (tertiary/aromatic N) is 4. The molecule has 76 valence electrons. The van der Waals surface area contributed by atoms with E-state index in [0.717, 1.165) is 11.3 Å². The molecule has 0 saturated heterocycles. The van der Waals surface area contributed by atoms with E-state index in [1.807, 2.05) is 19.3 Å². The number of aryl methyl sites for hydroxylation is 1. The average Bonchev–Trinajstić information content (AvgIpc) is 2.65. The van der Waals surface area contributed by atoms with E-state index in [2.05, 4.69) is 28.0 Å². The lowest BCUT2D eigenvalue weighted by Gasteiger charge is -2.17. The first-order valence-corrected chi connectivity index (χ1v) is 4.84. The van der Waals surface area contributed by atoms with Gasteiger partial charge in [-0.2, -0.15) is 10.4 Å². The summed E-state index contributed by atoms with van der Waals surface area (Å²) >= 11 is 4.22. The fourth-order valence-electron chi connectivity index (χ4n) is 1.27. The monoisotopic (exact) mass is 219 g/mol. The molecule has 0 amide bonds. The highest BCUT2D eigenvalue weighted by Crippen LogP contribution is 2.16. The number of hydrogen-bond donors (Lipinski definition) is 2. The summed E-state index contributed by atoms with van der Waals surface area (Å²) in [6.45, 7) is 0. The third-order valence-electron chi connectivity index (χ3n) is 2.01. The third-order valence-corrected chi connectivity index (χ3v) is 2.39. The number of hydrogen-bond acceptors (Lipinski definition) is 5. The van der Waals surface area contributed by atoms with Crippen molar-refractivity contribution in [3.8, 4) is 6.07 Å². The highest BCUT2D eigenvalue weighted by atomic mass is 32.1. The van der Waals surface area contributed by atoms with Gasteiger partial charge in [0.1, 0.15) is 17.2 Å². The molecule has 0 saturated carbocycles. The first-order chi connectivity index (χ1) is 7.20. The van der Waals surface area contributed by atoms with Gasteiger partial charge in [-0.15, -0.1) is 12.6 Å². The molecule has 0 aromatic carbocycles. The van der Waals surface area contributed by atoms with Crippen LogP contribution in [0, 0.1) is 11.3 Å². The summed E-state index contributed by atoms with van der Waals surface area (Å²) in [5.41, 5.74) is 2.12. The van der Waals surface area contributed by atoms with Crippen LogP contribution < -0.4 is 5.32 Å². The third kappa shape index (κ3) is 1.87. The maximum Gasteiger partial charge on any atom is 0.150 e. The van der Waals surface area contributed by atoms with Crippen molar-refractivity contribution < 1.29 is 0 Å². The van der Waals surface area contributed by atoms with Gasteiger partial charge in [0.2, 0.25) is 0 Å². The van der Waals surface area contributed by atoms with Gasteiger partial charge < -0.3 is 5.32 Å². The van der Waals surface area contributed by atoms with Gasteiger partial charge in [0.25, 0.3) is 0 Å². The van der Waals surface area contributed by atoms with Gasteiger partial charge in [0, 0.05) is 18.8 Å². The van der Waals surface area contributed by atoms with Crippen molar-refractivity contribution in [2.45, 2.75) is 5.37 Å². The summed E-state index contributed by atoms with van der Waals surface area (Å²) in [6, 6.07) is 1.98.